The van der Waals surface area contributed by atoms with Gasteiger partial charge < -0.3 is 19.9 Å². The second-order valence-corrected chi connectivity index (χ2v) is 7.61. The molecule has 126 valence electrons. The number of piperazine rings is 1. The lowest BCUT2D eigenvalue weighted by atomic mass is 9.90. The van der Waals surface area contributed by atoms with Gasteiger partial charge in [0, 0.05) is 57.8 Å². The molecule has 0 atom stereocenters. The van der Waals surface area contributed by atoms with Gasteiger partial charge in [0.25, 0.3) is 0 Å². The molecule has 0 aliphatic carbocycles. The maximum Gasteiger partial charge on any atom is 0.410 e. The van der Waals surface area contributed by atoms with E-state index in [9.17, 15) is 4.79 Å². The van der Waals surface area contributed by atoms with Gasteiger partial charge in [0.15, 0.2) is 0 Å². The largest absolute Gasteiger partial charge is 0.446 e. The lowest BCUT2D eigenvalue weighted by molar-refractivity contribution is 0.0311. The van der Waals surface area contributed by atoms with E-state index in [4.69, 9.17) is 4.74 Å². The molecule has 2 heterocycles. The third-order valence-electron chi connectivity index (χ3n) is 4.27. The summed E-state index contributed by atoms with van der Waals surface area (Å²) in [5.74, 6) is 0. The highest BCUT2D eigenvalue weighted by atomic mass is 16.6. The molecule has 5 heteroatoms. The van der Waals surface area contributed by atoms with Crippen molar-refractivity contribution in [3.05, 3.63) is 12.3 Å². The van der Waals surface area contributed by atoms with Crippen LogP contribution >= 0.6 is 0 Å². The summed E-state index contributed by atoms with van der Waals surface area (Å²) in [4.78, 5) is 16.3. The first kappa shape index (κ1) is 17.1. The summed E-state index contributed by atoms with van der Waals surface area (Å²) in [5.41, 5.74) is 1.47. The minimum Gasteiger partial charge on any atom is -0.446 e. The number of hydrogen-bond acceptors (Lipinski definition) is 4. The number of carbonyl (C=O) groups excluding carboxylic acids is 1. The van der Waals surface area contributed by atoms with E-state index in [1.165, 1.54) is 5.70 Å². The number of rotatable bonds is 3. The van der Waals surface area contributed by atoms with Crippen molar-refractivity contribution in [3.63, 3.8) is 0 Å². The smallest absolute Gasteiger partial charge is 0.410 e. The van der Waals surface area contributed by atoms with E-state index in [-0.39, 0.29) is 17.6 Å². The Labute approximate surface area is 134 Å². The van der Waals surface area contributed by atoms with E-state index in [0.29, 0.717) is 0 Å². The number of piperidine rings is 1. The Bertz CT molecular complexity index is 389. The molecular weight excluding hydrogens is 278 g/mol. The first-order valence-electron chi connectivity index (χ1n) is 8.44. The number of allylic oxidation sites excluding steroid dienone is 1. The Hall–Kier alpha value is -1.23. The van der Waals surface area contributed by atoms with Crippen molar-refractivity contribution in [2.45, 2.75) is 46.1 Å². The van der Waals surface area contributed by atoms with Gasteiger partial charge in [-0.25, -0.2) is 4.79 Å². The van der Waals surface area contributed by atoms with Crippen LogP contribution in [0.4, 0.5) is 4.79 Å². The van der Waals surface area contributed by atoms with Crippen LogP contribution in [0.15, 0.2) is 12.3 Å². The van der Waals surface area contributed by atoms with E-state index in [0.717, 1.165) is 58.5 Å². The second-order valence-electron chi connectivity index (χ2n) is 7.61. The molecule has 0 bridgehead atoms. The quantitative estimate of drug-likeness (QED) is 0.870. The number of ether oxygens (including phenoxy) is 1. The van der Waals surface area contributed by atoms with Crippen LogP contribution in [-0.2, 0) is 4.74 Å². The Morgan fingerprint density at radius 2 is 1.73 bits per heavy atom. The topological polar surface area (TPSA) is 44.8 Å². The zero-order valence-corrected chi connectivity index (χ0v) is 14.4. The van der Waals surface area contributed by atoms with Gasteiger partial charge in [-0.2, -0.15) is 0 Å². The third-order valence-corrected chi connectivity index (χ3v) is 4.27. The average Bonchev–Trinajstić information content (AvgIpc) is 2.47. The molecule has 0 aromatic rings. The van der Waals surface area contributed by atoms with Crippen LogP contribution in [0.3, 0.4) is 0 Å². The van der Waals surface area contributed by atoms with Crippen LogP contribution in [0.2, 0.25) is 0 Å². The fourth-order valence-corrected chi connectivity index (χ4v) is 3.08. The van der Waals surface area contributed by atoms with Gasteiger partial charge in [-0.3, -0.25) is 0 Å². The van der Waals surface area contributed by atoms with Gasteiger partial charge in [0.05, 0.1) is 0 Å². The summed E-state index contributed by atoms with van der Waals surface area (Å²) in [6.45, 7) is 16.0. The first-order chi connectivity index (χ1) is 10.3. The summed E-state index contributed by atoms with van der Waals surface area (Å²) in [6, 6.07) is 0. The molecule has 1 N–H and O–H groups in total. The van der Waals surface area contributed by atoms with E-state index in [2.05, 4.69) is 37.6 Å². The van der Waals surface area contributed by atoms with Gasteiger partial charge in [-0.15, -0.1) is 0 Å². The first-order valence-corrected chi connectivity index (χ1v) is 8.44. The Balaban J connectivity index is 1.72. The van der Waals surface area contributed by atoms with Gasteiger partial charge in [0.1, 0.15) is 6.10 Å². The third kappa shape index (κ3) is 5.20. The minimum atomic E-state index is -0.145. The van der Waals surface area contributed by atoms with Crippen molar-refractivity contribution in [3.8, 4) is 0 Å². The van der Waals surface area contributed by atoms with Crippen LogP contribution in [0.25, 0.3) is 0 Å². The lowest BCUT2D eigenvalue weighted by Gasteiger charge is -2.37. The number of carbonyl (C=O) groups is 1. The average molecular weight is 309 g/mol. The van der Waals surface area contributed by atoms with Gasteiger partial charge >= 0.3 is 6.09 Å². The molecule has 2 rings (SSSR count). The molecule has 0 aromatic carbocycles. The van der Waals surface area contributed by atoms with E-state index in [1.54, 1.807) is 4.90 Å². The summed E-state index contributed by atoms with van der Waals surface area (Å²) >= 11 is 0. The maximum absolute atomic E-state index is 12.1. The number of amides is 1. The highest BCUT2D eigenvalue weighted by Gasteiger charge is 2.26. The molecule has 0 saturated carbocycles. The second kappa shape index (κ2) is 7.36. The van der Waals surface area contributed by atoms with Gasteiger partial charge in [-0.05, 0) is 11.8 Å². The molecule has 0 aromatic heterocycles. The zero-order chi connectivity index (χ0) is 16.2. The van der Waals surface area contributed by atoms with Gasteiger partial charge in [0.2, 0.25) is 0 Å². The molecular formula is C17H31N3O2. The molecule has 0 radical (unpaired) electrons. The number of hydrogen-bond donors (Lipinski definition) is 1. The zero-order valence-electron chi connectivity index (χ0n) is 14.4. The molecule has 22 heavy (non-hydrogen) atoms. The highest BCUT2D eigenvalue weighted by molar-refractivity contribution is 5.68. The number of nitrogens with one attached hydrogen (secondary N) is 1. The van der Waals surface area contributed by atoms with E-state index < -0.39 is 0 Å². The maximum atomic E-state index is 12.1. The van der Waals surface area contributed by atoms with Crippen LogP contribution in [0.5, 0.6) is 0 Å². The summed E-state index contributed by atoms with van der Waals surface area (Å²) < 4.78 is 5.66. The molecule has 2 aliphatic rings. The molecule has 2 fully saturated rings. The summed E-state index contributed by atoms with van der Waals surface area (Å²) in [5, 5.41) is 3.24. The Kier molecular flexibility index (Phi) is 5.73. The predicted octanol–water partition coefficient (Wildman–Crippen LogP) is 2.44. The molecule has 2 saturated heterocycles. The standard InChI is InChI=1S/C17H31N3O2/c1-14(13-17(2,3)4)19-9-5-15(6-10-19)22-16(21)20-11-7-18-8-12-20/h15,18H,1,5-13H2,2-4H3. The van der Waals surface area contributed by atoms with Gasteiger partial charge in [-0.1, -0.05) is 27.4 Å². The molecule has 0 spiro atoms. The monoisotopic (exact) mass is 309 g/mol. The van der Waals surface area contributed by atoms with Crippen LogP contribution in [0, 0.1) is 5.41 Å². The minimum absolute atomic E-state index is 0.0565. The Morgan fingerprint density at radius 3 is 2.27 bits per heavy atom. The van der Waals surface area contributed by atoms with Crippen LogP contribution in [0.1, 0.15) is 40.0 Å². The van der Waals surface area contributed by atoms with Crippen molar-refractivity contribution >= 4 is 6.09 Å². The van der Waals surface area contributed by atoms with Crippen molar-refractivity contribution in [2.75, 3.05) is 39.3 Å². The lowest BCUT2D eigenvalue weighted by Crippen LogP contribution is -2.48. The van der Waals surface area contributed by atoms with Crippen LogP contribution in [-0.4, -0.2) is 61.3 Å². The van der Waals surface area contributed by atoms with Crippen molar-refractivity contribution < 1.29 is 9.53 Å². The van der Waals surface area contributed by atoms with E-state index in [1.807, 2.05) is 0 Å². The van der Waals surface area contributed by atoms with Crippen molar-refractivity contribution in [1.29, 1.82) is 0 Å². The molecule has 5 nitrogen and oxygen atoms in total. The summed E-state index contributed by atoms with van der Waals surface area (Å²) in [6.07, 6.45) is 2.73. The fraction of sp³-hybridized carbons (Fsp3) is 0.824. The fourth-order valence-electron chi connectivity index (χ4n) is 3.08. The van der Waals surface area contributed by atoms with Crippen molar-refractivity contribution in [1.82, 2.24) is 15.1 Å². The number of nitrogens with zero attached hydrogens (tertiary/aromatic N) is 2. The summed E-state index contributed by atoms with van der Waals surface area (Å²) in [7, 11) is 0. The highest BCUT2D eigenvalue weighted by Crippen LogP contribution is 2.27. The van der Waals surface area contributed by atoms with Crippen LogP contribution < -0.4 is 5.32 Å². The van der Waals surface area contributed by atoms with E-state index >= 15 is 0 Å². The molecule has 1 amide bonds. The normalized spacial score (nSPS) is 20.9. The SMILES string of the molecule is C=C(CC(C)(C)C)N1CCC(OC(=O)N2CCNCC2)CC1. The molecule has 2 aliphatic heterocycles. The Morgan fingerprint density at radius 1 is 1.14 bits per heavy atom. The molecule has 0 unspecified atom stereocenters. The van der Waals surface area contributed by atoms with Crippen molar-refractivity contribution in [2.24, 2.45) is 5.41 Å². The predicted molar refractivity (Wildman–Crippen MR) is 88.7 cm³/mol. The number of likely N-dealkylation sites (tertiary alicyclic amines) is 1.